The van der Waals surface area contributed by atoms with Crippen LogP contribution in [0, 0.1) is 0 Å². The molecule has 1 aromatic rings. The Hall–Kier alpha value is -1.26. The Kier molecular flexibility index (Phi) is 2.26. The van der Waals surface area contributed by atoms with E-state index in [9.17, 15) is 0 Å². The van der Waals surface area contributed by atoms with Gasteiger partial charge in [0.2, 0.25) is 6.79 Å². The minimum atomic E-state index is -0.0830. The molecule has 2 heterocycles. The van der Waals surface area contributed by atoms with E-state index >= 15 is 0 Å². The SMILES string of the molecule is CC(N)[C@H]1OCCc2ccc3c(c21)OCO3. The van der Waals surface area contributed by atoms with Gasteiger partial charge >= 0.3 is 0 Å². The van der Waals surface area contributed by atoms with Crippen molar-refractivity contribution in [1.82, 2.24) is 0 Å². The van der Waals surface area contributed by atoms with Gasteiger partial charge in [-0.05, 0) is 25.0 Å². The monoisotopic (exact) mass is 221 g/mol. The van der Waals surface area contributed by atoms with Crippen molar-refractivity contribution < 1.29 is 14.2 Å². The number of ether oxygens (including phenoxy) is 3. The van der Waals surface area contributed by atoms with E-state index in [1.807, 2.05) is 13.0 Å². The largest absolute Gasteiger partial charge is 0.454 e. The number of hydrogen-bond donors (Lipinski definition) is 1. The van der Waals surface area contributed by atoms with E-state index < -0.39 is 0 Å². The average Bonchev–Trinajstić information content (AvgIpc) is 2.76. The van der Waals surface area contributed by atoms with Gasteiger partial charge in [-0.1, -0.05) is 6.07 Å². The fourth-order valence-electron chi connectivity index (χ4n) is 2.36. The summed E-state index contributed by atoms with van der Waals surface area (Å²) in [7, 11) is 0. The van der Waals surface area contributed by atoms with Gasteiger partial charge in [0.15, 0.2) is 11.5 Å². The van der Waals surface area contributed by atoms with Gasteiger partial charge in [0, 0.05) is 11.6 Å². The van der Waals surface area contributed by atoms with Crippen LogP contribution in [0.15, 0.2) is 12.1 Å². The molecule has 2 aliphatic rings. The van der Waals surface area contributed by atoms with Crippen molar-refractivity contribution in [1.29, 1.82) is 0 Å². The van der Waals surface area contributed by atoms with Crippen LogP contribution in [0.5, 0.6) is 11.5 Å². The van der Waals surface area contributed by atoms with Crippen LogP contribution >= 0.6 is 0 Å². The number of hydrogen-bond acceptors (Lipinski definition) is 4. The first-order valence-corrected chi connectivity index (χ1v) is 5.56. The van der Waals surface area contributed by atoms with Crippen LogP contribution in [-0.4, -0.2) is 19.4 Å². The third kappa shape index (κ3) is 1.37. The second-order valence-electron chi connectivity index (χ2n) is 4.27. The molecule has 2 atom stereocenters. The molecule has 0 aromatic heterocycles. The van der Waals surface area contributed by atoms with Gasteiger partial charge in [-0.15, -0.1) is 0 Å². The third-order valence-electron chi connectivity index (χ3n) is 3.10. The van der Waals surface area contributed by atoms with Gasteiger partial charge in [-0.3, -0.25) is 0 Å². The molecule has 0 bridgehead atoms. The molecule has 86 valence electrons. The van der Waals surface area contributed by atoms with Gasteiger partial charge in [0.1, 0.15) is 6.10 Å². The molecule has 1 aromatic carbocycles. The lowest BCUT2D eigenvalue weighted by molar-refractivity contribution is 0.0263. The summed E-state index contributed by atoms with van der Waals surface area (Å²) in [5, 5.41) is 0. The quantitative estimate of drug-likeness (QED) is 0.778. The Morgan fingerprint density at radius 2 is 2.25 bits per heavy atom. The zero-order valence-electron chi connectivity index (χ0n) is 9.23. The van der Waals surface area contributed by atoms with Gasteiger partial charge in [0.05, 0.1) is 6.61 Å². The Labute approximate surface area is 94.3 Å². The number of nitrogens with two attached hydrogens (primary N) is 1. The van der Waals surface area contributed by atoms with Gasteiger partial charge in [0.25, 0.3) is 0 Å². The van der Waals surface area contributed by atoms with Crippen molar-refractivity contribution in [2.75, 3.05) is 13.4 Å². The molecule has 2 aliphatic heterocycles. The van der Waals surface area contributed by atoms with Crippen LogP contribution in [0.1, 0.15) is 24.2 Å². The highest BCUT2D eigenvalue weighted by molar-refractivity contribution is 5.54. The molecular weight excluding hydrogens is 206 g/mol. The maximum absolute atomic E-state index is 5.95. The summed E-state index contributed by atoms with van der Waals surface area (Å²) in [6, 6.07) is 4.00. The van der Waals surface area contributed by atoms with Gasteiger partial charge in [-0.2, -0.15) is 0 Å². The second-order valence-corrected chi connectivity index (χ2v) is 4.27. The molecule has 0 saturated heterocycles. The maximum Gasteiger partial charge on any atom is 0.231 e. The molecule has 3 rings (SSSR count). The molecule has 1 unspecified atom stereocenters. The first-order valence-electron chi connectivity index (χ1n) is 5.56. The van der Waals surface area contributed by atoms with Crippen LogP contribution in [0.3, 0.4) is 0 Å². The molecule has 0 spiro atoms. The fourth-order valence-corrected chi connectivity index (χ4v) is 2.36. The Morgan fingerprint density at radius 3 is 3.06 bits per heavy atom. The minimum absolute atomic E-state index is 0.0465. The zero-order chi connectivity index (χ0) is 11.1. The Balaban J connectivity index is 2.13. The van der Waals surface area contributed by atoms with E-state index in [1.165, 1.54) is 5.56 Å². The summed E-state index contributed by atoms with van der Waals surface area (Å²) in [4.78, 5) is 0. The Morgan fingerprint density at radius 1 is 1.38 bits per heavy atom. The van der Waals surface area contributed by atoms with Crippen molar-refractivity contribution >= 4 is 0 Å². The van der Waals surface area contributed by atoms with E-state index in [1.54, 1.807) is 0 Å². The van der Waals surface area contributed by atoms with Crippen LogP contribution in [0.25, 0.3) is 0 Å². The van der Waals surface area contributed by atoms with Gasteiger partial charge < -0.3 is 19.9 Å². The zero-order valence-corrected chi connectivity index (χ0v) is 9.23. The third-order valence-corrected chi connectivity index (χ3v) is 3.10. The lowest BCUT2D eigenvalue weighted by atomic mass is 9.93. The highest BCUT2D eigenvalue weighted by atomic mass is 16.7. The summed E-state index contributed by atoms with van der Waals surface area (Å²) in [5.41, 5.74) is 8.30. The van der Waals surface area contributed by atoms with Crippen molar-refractivity contribution in [2.45, 2.75) is 25.5 Å². The van der Waals surface area contributed by atoms with E-state index in [0.717, 1.165) is 30.1 Å². The predicted octanol–water partition coefficient (Wildman–Crippen LogP) is 1.38. The summed E-state index contributed by atoms with van der Waals surface area (Å²) in [5.74, 6) is 1.62. The predicted molar refractivity (Wildman–Crippen MR) is 58.6 cm³/mol. The molecule has 16 heavy (non-hydrogen) atoms. The lowest BCUT2D eigenvalue weighted by Gasteiger charge is -2.29. The number of benzene rings is 1. The fraction of sp³-hybridized carbons (Fsp3) is 0.500. The topological polar surface area (TPSA) is 53.7 Å². The molecule has 0 fully saturated rings. The summed E-state index contributed by atoms with van der Waals surface area (Å²) < 4.78 is 16.6. The van der Waals surface area contributed by atoms with Crippen molar-refractivity contribution in [3.63, 3.8) is 0 Å². The van der Waals surface area contributed by atoms with E-state index in [2.05, 4.69) is 6.07 Å². The molecular formula is C12H15NO3. The highest BCUT2D eigenvalue weighted by Crippen LogP contribution is 2.44. The lowest BCUT2D eigenvalue weighted by Crippen LogP contribution is -2.31. The van der Waals surface area contributed by atoms with Crippen molar-refractivity contribution in [3.05, 3.63) is 23.3 Å². The van der Waals surface area contributed by atoms with Crippen molar-refractivity contribution in [3.8, 4) is 11.5 Å². The van der Waals surface area contributed by atoms with Gasteiger partial charge in [-0.25, -0.2) is 0 Å². The molecule has 0 amide bonds. The average molecular weight is 221 g/mol. The first-order chi connectivity index (χ1) is 7.77. The number of fused-ring (bicyclic) bond motifs is 3. The maximum atomic E-state index is 5.95. The minimum Gasteiger partial charge on any atom is -0.454 e. The first kappa shape index (κ1) is 9.93. The molecule has 2 N–H and O–H groups in total. The van der Waals surface area contributed by atoms with E-state index in [4.69, 9.17) is 19.9 Å². The van der Waals surface area contributed by atoms with Crippen LogP contribution in [-0.2, 0) is 11.2 Å². The smallest absolute Gasteiger partial charge is 0.231 e. The normalized spacial score (nSPS) is 24.0. The standard InChI is InChI=1S/C12H15NO3/c1-7(13)11-10-8(4-5-14-11)2-3-9-12(10)16-6-15-9/h2-3,7,11H,4-6,13H2,1H3/t7?,11-/m1/s1. The molecule has 0 aliphatic carbocycles. The second kappa shape index (κ2) is 3.64. The highest BCUT2D eigenvalue weighted by Gasteiger charge is 2.31. The summed E-state index contributed by atoms with van der Waals surface area (Å²) >= 11 is 0. The molecule has 0 radical (unpaired) electrons. The van der Waals surface area contributed by atoms with E-state index in [0.29, 0.717) is 0 Å². The van der Waals surface area contributed by atoms with E-state index in [-0.39, 0.29) is 18.9 Å². The summed E-state index contributed by atoms with van der Waals surface area (Å²) in [6.45, 7) is 2.96. The molecule has 4 nitrogen and oxygen atoms in total. The molecule has 0 saturated carbocycles. The Bertz CT molecular complexity index is 417. The van der Waals surface area contributed by atoms with Crippen LogP contribution in [0.2, 0.25) is 0 Å². The molecule has 4 heteroatoms. The van der Waals surface area contributed by atoms with Crippen LogP contribution < -0.4 is 15.2 Å². The summed E-state index contributed by atoms with van der Waals surface area (Å²) in [6.07, 6.45) is 0.829. The number of rotatable bonds is 1. The van der Waals surface area contributed by atoms with Crippen LogP contribution in [0.4, 0.5) is 0 Å². The van der Waals surface area contributed by atoms with Crippen molar-refractivity contribution in [2.24, 2.45) is 5.73 Å².